The highest BCUT2D eigenvalue weighted by molar-refractivity contribution is 14.1. The Labute approximate surface area is 88.4 Å². The van der Waals surface area contributed by atoms with Crippen molar-refractivity contribution in [2.75, 3.05) is 0 Å². The summed E-state index contributed by atoms with van der Waals surface area (Å²) in [6.07, 6.45) is 3.27. The summed E-state index contributed by atoms with van der Waals surface area (Å²) in [5.74, 6) is 0.388. The zero-order valence-electron chi connectivity index (χ0n) is 6.79. The highest BCUT2D eigenvalue weighted by Gasteiger charge is 2.27. The van der Waals surface area contributed by atoms with Crippen molar-refractivity contribution in [2.24, 2.45) is 5.92 Å². The summed E-state index contributed by atoms with van der Waals surface area (Å²) in [5.41, 5.74) is 0.0382. The van der Waals surface area contributed by atoms with Crippen LogP contribution in [-0.4, -0.2) is 16.2 Å². The number of rotatable bonds is 3. The largest absolute Gasteiger partial charge is 0.476 e. The molecule has 1 aliphatic rings. The number of carboxylic acid groups (broad SMARTS) is 1. The van der Waals surface area contributed by atoms with Crippen LogP contribution in [0.4, 0.5) is 0 Å². The maximum Gasteiger partial charge on any atom is 0.359 e. The van der Waals surface area contributed by atoms with E-state index in [1.54, 1.807) is 0 Å². The van der Waals surface area contributed by atoms with Crippen molar-refractivity contribution >= 4 is 28.6 Å². The minimum absolute atomic E-state index is 0.0382. The van der Waals surface area contributed by atoms with Gasteiger partial charge >= 0.3 is 5.97 Å². The molecule has 4 nitrogen and oxygen atoms in total. The van der Waals surface area contributed by atoms with Crippen LogP contribution in [0.15, 0.2) is 4.52 Å². The second-order valence-electron chi connectivity index (χ2n) is 3.22. The second-order valence-corrected chi connectivity index (χ2v) is 4.30. The highest BCUT2D eigenvalue weighted by atomic mass is 127. The fraction of sp³-hybridized carbons (Fsp3) is 0.500. The molecule has 5 heteroatoms. The lowest BCUT2D eigenvalue weighted by atomic mass is 10.2. The SMILES string of the molecule is O=C(O)c1noc(CC2CC2)c1I. The van der Waals surface area contributed by atoms with Crippen molar-refractivity contribution in [1.29, 1.82) is 0 Å². The summed E-state index contributed by atoms with van der Waals surface area (Å²) in [7, 11) is 0. The molecule has 0 saturated heterocycles. The molecule has 0 aromatic carbocycles. The van der Waals surface area contributed by atoms with Gasteiger partial charge in [-0.05, 0) is 41.4 Å². The molecule has 1 fully saturated rings. The van der Waals surface area contributed by atoms with E-state index in [2.05, 4.69) is 5.16 Å². The lowest BCUT2D eigenvalue weighted by Crippen LogP contribution is -1.99. The molecule has 0 bridgehead atoms. The molecule has 1 aromatic rings. The number of carboxylic acids is 1. The van der Waals surface area contributed by atoms with Gasteiger partial charge in [-0.1, -0.05) is 5.16 Å². The van der Waals surface area contributed by atoms with Crippen molar-refractivity contribution in [3.05, 3.63) is 15.0 Å². The molecule has 13 heavy (non-hydrogen) atoms. The monoisotopic (exact) mass is 293 g/mol. The topological polar surface area (TPSA) is 63.3 Å². The maximum absolute atomic E-state index is 10.6. The van der Waals surface area contributed by atoms with Gasteiger partial charge in [0.1, 0.15) is 0 Å². The fourth-order valence-electron chi connectivity index (χ4n) is 1.16. The predicted octanol–water partition coefficient (Wildman–Crippen LogP) is 1.93. The quantitative estimate of drug-likeness (QED) is 0.865. The molecule has 1 aromatic heterocycles. The van der Waals surface area contributed by atoms with Crippen LogP contribution in [0.2, 0.25) is 0 Å². The number of carbonyl (C=O) groups is 1. The molecule has 1 N–H and O–H groups in total. The van der Waals surface area contributed by atoms with Gasteiger partial charge in [0.25, 0.3) is 0 Å². The van der Waals surface area contributed by atoms with Crippen LogP contribution < -0.4 is 0 Å². The van der Waals surface area contributed by atoms with E-state index in [1.165, 1.54) is 12.8 Å². The molecule has 2 rings (SSSR count). The number of nitrogens with zero attached hydrogens (tertiary/aromatic N) is 1. The van der Waals surface area contributed by atoms with Crippen LogP contribution >= 0.6 is 22.6 Å². The number of aromatic nitrogens is 1. The summed E-state index contributed by atoms with van der Waals surface area (Å²) in [6.45, 7) is 0. The van der Waals surface area contributed by atoms with Crippen molar-refractivity contribution in [2.45, 2.75) is 19.3 Å². The highest BCUT2D eigenvalue weighted by Crippen LogP contribution is 2.34. The van der Waals surface area contributed by atoms with Crippen LogP contribution in [0.25, 0.3) is 0 Å². The molecular weight excluding hydrogens is 285 g/mol. The first-order valence-electron chi connectivity index (χ1n) is 4.06. The van der Waals surface area contributed by atoms with E-state index in [-0.39, 0.29) is 5.69 Å². The van der Waals surface area contributed by atoms with Gasteiger partial charge < -0.3 is 9.63 Å². The summed E-state index contributed by atoms with van der Waals surface area (Å²) < 4.78 is 5.62. The first-order chi connectivity index (χ1) is 6.18. The summed E-state index contributed by atoms with van der Waals surface area (Å²) in [5, 5.41) is 12.2. The molecule has 1 saturated carbocycles. The predicted molar refractivity (Wildman–Crippen MR) is 52.6 cm³/mol. The van der Waals surface area contributed by atoms with E-state index >= 15 is 0 Å². The van der Waals surface area contributed by atoms with Crippen LogP contribution in [0.3, 0.4) is 0 Å². The summed E-state index contributed by atoms with van der Waals surface area (Å²) in [4.78, 5) is 10.6. The van der Waals surface area contributed by atoms with Gasteiger partial charge in [-0.3, -0.25) is 0 Å². The molecule has 0 unspecified atom stereocenters. The minimum atomic E-state index is -1.02. The van der Waals surface area contributed by atoms with Crippen molar-refractivity contribution in [3.8, 4) is 0 Å². The first kappa shape index (κ1) is 8.98. The van der Waals surface area contributed by atoms with Gasteiger partial charge in [0.15, 0.2) is 5.76 Å². The third-order valence-corrected chi connectivity index (χ3v) is 3.19. The van der Waals surface area contributed by atoms with E-state index in [1.807, 2.05) is 22.6 Å². The van der Waals surface area contributed by atoms with Gasteiger partial charge in [0.05, 0.1) is 3.57 Å². The standard InChI is InChI=1S/C8H8INO3/c9-6-5(3-4-1-2-4)13-10-7(6)8(11)12/h4H,1-3H2,(H,11,12). The van der Waals surface area contributed by atoms with Crippen LogP contribution in [0.1, 0.15) is 29.1 Å². The normalized spacial score (nSPS) is 16.1. The van der Waals surface area contributed by atoms with Crippen LogP contribution in [0, 0.1) is 9.49 Å². The fourth-order valence-corrected chi connectivity index (χ4v) is 1.80. The molecular formula is C8H8INO3. The first-order valence-corrected chi connectivity index (χ1v) is 5.13. The number of halogens is 1. The molecule has 0 amide bonds. The van der Waals surface area contributed by atoms with Crippen LogP contribution in [-0.2, 0) is 6.42 Å². The van der Waals surface area contributed by atoms with E-state index in [0.29, 0.717) is 9.49 Å². The molecule has 0 radical (unpaired) electrons. The number of hydrogen-bond acceptors (Lipinski definition) is 3. The van der Waals surface area contributed by atoms with Gasteiger partial charge in [-0.2, -0.15) is 0 Å². The third-order valence-electron chi connectivity index (χ3n) is 2.07. The lowest BCUT2D eigenvalue weighted by molar-refractivity contribution is 0.0684. The Kier molecular flexibility index (Phi) is 2.27. The minimum Gasteiger partial charge on any atom is -0.476 e. The average molecular weight is 293 g/mol. The Morgan fingerprint density at radius 3 is 2.85 bits per heavy atom. The Morgan fingerprint density at radius 1 is 1.69 bits per heavy atom. The Bertz CT molecular complexity index is 343. The van der Waals surface area contributed by atoms with E-state index in [4.69, 9.17) is 9.63 Å². The van der Waals surface area contributed by atoms with Crippen molar-refractivity contribution in [1.82, 2.24) is 5.16 Å². The third kappa shape index (κ3) is 1.84. The van der Waals surface area contributed by atoms with Gasteiger partial charge in [0, 0.05) is 6.42 Å². The summed E-state index contributed by atoms with van der Waals surface area (Å²) >= 11 is 1.98. The van der Waals surface area contributed by atoms with Gasteiger partial charge in [-0.15, -0.1) is 0 Å². The number of hydrogen-bond donors (Lipinski definition) is 1. The number of aromatic carboxylic acids is 1. The van der Waals surface area contributed by atoms with E-state index in [0.717, 1.165) is 12.2 Å². The molecule has 1 heterocycles. The molecule has 0 atom stereocenters. The summed E-state index contributed by atoms with van der Waals surface area (Å²) in [6, 6.07) is 0. The molecule has 1 aliphatic carbocycles. The average Bonchev–Trinajstić information content (AvgIpc) is 2.78. The maximum atomic E-state index is 10.6. The molecule has 0 spiro atoms. The van der Waals surface area contributed by atoms with Crippen LogP contribution in [0.5, 0.6) is 0 Å². The zero-order chi connectivity index (χ0) is 9.42. The molecule has 0 aliphatic heterocycles. The Hall–Kier alpha value is -0.590. The van der Waals surface area contributed by atoms with E-state index in [9.17, 15) is 4.79 Å². The zero-order valence-corrected chi connectivity index (χ0v) is 8.95. The van der Waals surface area contributed by atoms with E-state index < -0.39 is 5.97 Å². The smallest absolute Gasteiger partial charge is 0.359 e. The lowest BCUT2D eigenvalue weighted by Gasteiger charge is -1.91. The van der Waals surface area contributed by atoms with Gasteiger partial charge in [-0.25, -0.2) is 4.79 Å². The van der Waals surface area contributed by atoms with Gasteiger partial charge in [0.2, 0.25) is 5.69 Å². The Morgan fingerprint density at radius 2 is 2.38 bits per heavy atom. The van der Waals surface area contributed by atoms with Crippen molar-refractivity contribution in [3.63, 3.8) is 0 Å². The second kappa shape index (κ2) is 3.28. The van der Waals surface area contributed by atoms with Crippen molar-refractivity contribution < 1.29 is 14.4 Å². The molecule has 70 valence electrons. The Balaban J connectivity index is 2.21.